The second-order valence-corrected chi connectivity index (χ2v) is 12.2. The highest BCUT2D eigenvalue weighted by atomic mass is 127. The van der Waals surface area contributed by atoms with E-state index in [1.807, 2.05) is 0 Å². The first kappa shape index (κ1) is 23.2. The summed E-state index contributed by atoms with van der Waals surface area (Å²) in [6, 6.07) is 4.84. The Morgan fingerprint density at radius 1 is 1.37 bits per heavy atom. The summed E-state index contributed by atoms with van der Waals surface area (Å²) >= 11 is 2.12. The van der Waals surface area contributed by atoms with Crippen LogP contribution in [0.5, 0.6) is 0 Å². The van der Waals surface area contributed by atoms with E-state index in [1.54, 1.807) is 44.1 Å². The molecule has 2 aliphatic rings. The molecule has 7 nitrogen and oxygen atoms in total. The number of alkyl carbamates (subject to hydrolysis) is 1. The molecule has 1 aromatic carbocycles. The van der Waals surface area contributed by atoms with Crippen molar-refractivity contribution >= 4 is 44.6 Å². The van der Waals surface area contributed by atoms with Crippen LogP contribution >= 0.6 is 22.6 Å². The summed E-state index contributed by atoms with van der Waals surface area (Å²) in [5.74, 6) is -0.0299. The molecule has 30 heavy (non-hydrogen) atoms. The van der Waals surface area contributed by atoms with Gasteiger partial charge in [-0.15, -0.1) is 0 Å². The molecule has 0 aliphatic carbocycles. The number of hydrogen-bond donors (Lipinski definition) is 1. The number of fused-ring (bicyclic) bond motifs is 1. The zero-order chi connectivity index (χ0) is 22.2. The van der Waals surface area contributed by atoms with Crippen molar-refractivity contribution in [1.29, 1.82) is 0 Å². The number of benzene rings is 1. The molecule has 0 fully saturated rings. The van der Waals surface area contributed by atoms with Crippen molar-refractivity contribution in [2.45, 2.75) is 58.1 Å². The van der Waals surface area contributed by atoms with Crippen molar-refractivity contribution in [3.05, 3.63) is 33.1 Å². The molecule has 0 saturated heterocycles. The van der Waals surface area contributed by atoms with E-state index in [4.69, 9.17) is 9.73 Å². The van der Waals surface area contributed by atoms with Gasteiger partial charge in [0.1, 0.15) is 21.3 Å². The minimum Gasteiger partial charge on any atom is -0.444 e. The number of guanidine groups is 1. The molecule has 10 heteroatoms. The molecule has 0 saturated carbocycles. The number of halogens is 2. The molecule has 1 amide bonds. The Balaban J connectivity index is 2.10. The Bertz CT molecular complexity index is 985. The van der Waals surface area contributed by atoms with Gasteiger partial charge in [0.05, 0.1) is 17.8 Å². The highest BCUT2D eigenvalue weighted by Crippen LogP contribution is 2.36. The van der Waals surface area contributed by atoms with Crippen LogP contribution in [0.3, 0.4) is 0 Å². The molecule has 3 rings (SSSR count). The topological polar surface area (TPSA) is 83.4 Å². The monoisotopic (exact) mass is 550 g/mol. The van der Waals surface area contributed by atoms with Crippen LogP contribution in [0.4, 0.5) is 9.18 Å². The summed E-state index contributed by atoms with van der Waals surface area (Å²) in [5, 5.41) is 2.68. The molecule has 166 valence electrons. The van der Waals surface area contributed by atoms with Gasteiger partial charge >= 0.3 is 6.09 Å². The first-order valence-corrected chi connectivity index (χ1v) is 12.7. The molecule has 2 atom stereocenters. The van der Waals surface area contributed by atoms with E-state index in [1.165, 1.54) is 6.07 Å². The fourth-order valence-corrected chi connectivity index (χ4v) is 6.30. The summed E-state index contributed by atoms with van der Waals surface area (Å²) in [6.45, 7) is 8.02. The van der Waals surface area contributed by atoms with Crippen LogP contribution < -0.4 is 5.32 Å². The molecule has 0 aromatic heterocycles. The summed E-state index contributed by atoms with van der Waals surface area (Å²) in [5.41, 5.74) is -1.31. The average molecular weight is 550 g/mol. The van der Waals surface area contributed by atoms with E-state index in [0.717, 1.165) is 16.4 Å². The molecule has 0 bridgehead atoms. The molecule has 0 unspecified atom stereocenters. The van der Waals surface area contributed by atoms with Crippen LogP contribution in [0.1, 0.15) is 52.5 Å². The number of rotatable bonds is 1. The van der Waals surface area contributed by atoms with E-state index in [-0.39, 0.29) is 17.5 Å². The van der Waals surface area contributed by atoms with Crippen LogP contribution in [0, 0.1) is 9.39 Å². The maximum Gasteiger partial charge on any atom is 0.414 e. The SMILES string of the molecule is CC(C)(C)OC(=O)NC1=N[C@](C)(c2cc(I)ccc2F)CC[S@]2(=O)=NCCCCN12. The van der Waals surface area contributed by atoms with E-state index < -0.39 is 27.1 Å². The lowest BCUT2D eigenvalue weighted by Gasteiger charge is -2.28. The summed E-state index contributed by atoms with van der Waals surface area (Å²) < 4.78 is 40.8. The van der Waals surface area contributed by atoms with Crippen LogP contribution in [-0.2, 0) is 20.2 Å². The lowest BCUT2D eigenvalue weighted by Crippen LogP contribution is -2.48. The Morgan fingerprint density at radius 3 is 2.80 bits per heavy atom. The predicted octanol–water partition coefficient (Wildman–Crippen LogP) is 4.41. The highest BCUT2D eigenvalue weighted by molar-refractivity contribution is 14.1. The third-order valence-corrected chi connectivity index (χ3v) is 8.01. The van der Waals surface area contributed by atoms with Gasteiger partial charge in [0.2, 0.25) is 5.96 Å². The Kier molecular flexibility index (Phi) is 6.66. The third kappa shape index (κ3) is 5.24. The molecule has 1 N–H and O–H groups in total. The van der Waals surface area contributed by atoms with Crippen LogP contribution in [0.2, 0.25) is 0 Å². The first-order valence-electron chi connectivity index (χ1n) is 9.96. The van der Waals surface area contributed by atoms with Crippen molar-refractivity contribution in [3.63, 3.8) is 0 Å². The van der Waals surface area contributed by atoms with Gasteiger partial charge in [-0.25, -0.2) is 22.7 Å². The Morgan fingerprint density at radius 2 is 2.10 bits per heavy atom. The van der Waals surface area contributed by atoms with Crippen LogP contribution in [0.15, 0.2) is 27.6 Å². The lowest BCUT2D eigenvalue weighted by molar-refractivity contribution is 0.0559. The van der Waals surface area contributed by atoms with E-state index in [9.17, 15) is 13.4 Å². The van der Waals surface area contributed by atoms with E-state index in [2.05, 4.69) is 32.3 Å². The fourth-order valence-electron chi connectivity index (χ4n) is 3.47. The smallest absolute Gasteiger partial charge is 0.414 e. The minimum atomic E-state index is -2.81. The van der Waals surface area contributed by atoms with Crippen LogP contribution in [-0.4, -0.2) is 45.0 Å². The molecule has 2 heterocycles. The van der Waals surface area contributed by atoms with Gasteiger partial charge in [-0.1, -0.05) is 0 Å². The molecule has 0 radical (unpaired) electrons. The number of hydrogen-bond acceptors (Lipinski definition) is 5. The quantitative estimate of drug-likeness (QED) is 0.526. The number of nitrogens with zero attached hydrogens (tertiary/aromatic N) is 3. The van der Waals surface area contributed by atoms with Crippen molar-refractivity contribution in [2.24, 2.45) is 9.36 Å². The van der Waals surface area contributed by atoms with Crippen molar-refractivity contribution < 1.29 is 18.1 Å². The summed E-state index contributed by atoms with van der Waals surface area (Å²) in [6.07, 6.45) is 1.22. The second kappa shape index (κ2) is 8.60. The highest BCUT2D eigenvalue weighted by Gasteiger charge is 2.39. The zero-order valence-corrected chi connectivity index (χ0v) is 20.7. The molecular weight excluding hydrogens is 522 g/mol. The predicted molar refractivity (Wildman–Crippen MR) is 124 cm³/mol. The van der Waals surface area contributed by atoms with Gasteiger partial charge in [-0.05, 0) is 87.7 Å². The fraction of sp³-hybridized carbons (Fsp3) is 0.600. The van der Waals surface area contributed by atoms with Gasteiger partial charge in [-0.3, -0.25) is 9.62 Å². The first-order chi connectivity index (χ1) is 13.9. The van der Waals surface area contributed by atoms with Gasteiger partial charge in [0.25, 0.3) is 0 Å². The normalized spacial score (nSPS) is 27.1. The molecule has 2 aliphatic heterocycles. The number of carbonyl (C=O) groups is 1. The number of nitrogens with one attached hydrogen (secondary N) is 1. The van der Waals surface area contributed by atoms with Crippen molar-refractivity contribution in [2.75, 3.05) is 18.8 Å². The lowest BCUT2D eigenvalue weighted by atomic mass is 9.89. The zero-order valence-electron chi connectivity index (χ0n) is 17.7. The van der Waals surface area contributed by atoms with Crippen LogP contribution in [0.25, 0.3) is 0 Å². The van der Waals surface area contributed by atoms with Gasteiger partial charge in [0.15, 0.2) is 0 Å². The van der Waals surface area contributed by atoms with Gasteiger partial charge < -0.3 is 4.74 Å². The van der Waals surface area contributed by atoms with Gasteiger partial charge in [-0.2, -0.15) is 0 Å². The van der Waals surface area contributed by atoms with E-state index in [0.29, 0.717) is 25.1 Å². The second-order valence-electron chi connectivity index (χ2n) is 8.68. The Labute approximate surface area is 191 Å². The maximum atomic E-state index is 14.8. The minimum absolute atomic E-state index is 0.123. The van der Waals surface area contributed by atoms with Crippen molar-refractivity contribution in [1.82, 2.24) is 9.62 Å². The summed E-state index contributed by atoms with van der Waals surface area (Å²) in [4.78, 5) is 17.3. The number of amides is 1. The molecule has 0 spiro atoms. The largest absolute Gasteiger partial charge is 0.444 e. The van der Waals surface area contributed by atoms with E-state index >= 15 is 0 Å². The number of aliphatic imine (C=N–C) groups is 1. The van der Waals surface area contributed by atoms with Gasteiger partial charge in [0, 0.05) is 15.7 Å². The molecule has 1 aromatic rings. The number of ether oxygens (including phenoxy) is 1. The molecular formula is C20H28FIN4O3S. The maximum absolute atomic E-state index is 14.8. The third-order valence-electron chi connectivity index (χ3n) is 4.97. The summed E-state index contributed by atoms with van der Waals surface area (Å²) in [7, 11) is -2.81. The van der Waals surface area contributed by atoms with Crippen molar-refractivity contribution in [3.8, 4) is 0 Å². The average Bonchev–Trinajstić information content (AvgIpc) is 2.87. The number of carbonyl (C=O) groups excluding carboxylic acids is 1. The standard InChI is InChI=1S/C20H28FIN4O3S/c1-19(2,3)29-18(27)24-17-25-20(4,15-13-14(22)7-8-16(15)21)9-12-30(28)23-10-5-6-11-26(17)30/h7-8,13H,5-6,9-12H2,1-4H3,(H,24,25,27)/t20-,30-/m0/s1. The Hall–Kier alpha value is -1.43.